The van der Waals surface area contributed by atoms with Crippen molar-refractivity contribution in [3.05, 3.63) is 33.1 Å². The van der Waals surface area contributed by atoms with E-state index in [9.17, 15) is 14.2 Å². The van der Waals surface area contributed by atoms with Gasteiger partial charge in [-0.25, -0.2) is 9.46 Å². The van der Waals surface area contributed by atoms with Crippen LogP contribution in [0.5, 0.6) is 0 Å². The third-order valence-electron chi connectivity index (χ3n) is 5.18. The van der Waals surface area contributed by atoms with E-state index in [0.717, 1.165) is 0 Å². The van der Waals surface area contributed by atoms with Crippen molar-refractivity contribution in [2.45, 2.75) is 78.5 Å². The van der Waals surface area contributed by atoms with Crippen molar-refractivity contribution >= 4 is 16.1 Å². The molecule has 1 unspecified atom stereocenters. The Labute approximate surface area is 218 Å². The third-order valence-corrected chi connectivity index (χ3v) is 9.07. The van der Waals surface area contributed by atoms with Crippen molar-refractivity contribution in [2.24, 2.45) is 0 Å². The molecule has 13 nitrogen and oxygen atoms in total. The molecule has 0 spiro atoms. The summed E-state index contributed by atoms with van der Waals surface area (Å²) in [7, 11) is -5.27. The van der Waals surface area contributed by atoms with Crippen LogP contribution in [0.3, 0.4) is 0 Å². The number of H-pyrrole nitrogens is 1. The molecule has 4 atom stereocenters. The molecule has 1 N–H and O–H groups in total. The van der Waals surface area contributed by atoms with E-state index in [0.29, 0.717) is 0 Å². The Kier molecular flexibility index (Phi) is 13.1. The zero-order valence-corrected chi connectivity index (χ0v) is 24.0. The van der Waals surface area contributed by atoms with Crippen molar-refractivity contribution in [3.8, 4) is 6.07 Å². The minimum atomic E-state index is -3.53. The Morgan fingerprint density at radius 1 is 1.24 bits per heavy atom. The monoisotopic (exact) mass is 564 g/mol. The Morgan fingerprint density at radius 2 is 1.89 bits per heavy atom. The summed E-state index contributed by atoms with van der Waals surface area (Å²) in [5.41, 5.74) is -1.23. The van der Waals surface area contributed by atoms with Gasteiger partial charge in [0.25, 0.3) is 14.1 Å². The molecule has 15 heteroatoms. The maximum Gasteiger partial charge on any atom is 0.356 e. The zero-order chi connectivity index (χ0) is 27.6. The first-order valence-electron chi connectivity index (χ1n) is 12.2. The van der Waals surface area contributed by atoms with Gasteiger partial charge in [-0.05, 0) is 41.5 Å². The maximum absolute atomic E-state index is 13.0. The highest BCUT2D eigenvalue weighted by molar-refractivity contribution is 7.53. The summed E-state index contributed by atoms with van der Waals surface area (Å²) in [5.74, 6) is 0. The van der Waals surface area contributed by atoms with Crippen molar-refractivity contribution in [3.63, 3.8) is 0 Å². The van der Waals surface area contributed by atoms with Gasteiger partial charge < -0.3 is 27.6 Å². The smallest absolute Gasteiger partial charge is 0.356 e. The molecule has 210 valence electrons. The van der Waals surface area contributed by atoms with Gasteiger partial charge >= 0.3 is 13.3 Å². The molecule has 2 heterocycles. The molecule has 0 aliphatic carbocycles. The number of aromatic nitrogens is 2. The van der Waals surface area contributed by atoms with E-state index in [-0.39, 0.29) is 51.3 Å². The van der Waals surface area contributed by atoms with Gasteiger partial charge in [0.15, 0.2) is 6.23 Å². The van der Waals surface area contributed by atoms with Crippen LogP contribution in [-0.2, 0) is 32.1 Å². The summed E-state index contributed by atoms with van der Waals surface area (Å²) in [6.07, 6.45) is -1.50. The van der Waals surface area contributed by atoms with Crippen molar-refractivity contribution in [2.75, 3.05) is 32.8 Å². The van der Waals surface area contributed by atoms with E-state index in [1.807, 2.05) is 32.4 Å². The van der Waals surface area contributed by atoms with Crippen LogP contribution in [0.15, 0.2) is 21.9 Å². The summed E-state index contributed by atoms with van der Waals surface area (Å²) >= 11 is 0. The second kappa shape index (κ2) is 15.2. The average molecular weight is 565 g/mol. The molecule has 0 saturated carbocycles. The van der Waals surface area contributed by atoms with Crippen LogP contribution in [0.2, 0.25) is 0 Å². The van der Waals surface area contributed by atoms with E-state index in [4.69, 9.17) is 32.8 Å². The van der Waals surface area contributed by atoms with Crippen LogP contribution < -0.4 is 11.2 Å². The number of nitrogens with one attached hydrogen (secondary N) is 1. The van der Waals surface area contributed by atoms with Gasteiger partial charge in [0.1, 0.15) is 18.6 Å². The molecule has 37 heavy (non-hydrogen) atoms. The van der Waals surface area contributed by atoms with Gasteiger partial charge in [-0.2, -0.15) is 5.26 Å². The van der Waals surface area contributed by atoms with E-state index in [2.05, 4.69) is 11.1 Å². The van der Waals surface area contributed by atoms with Gasteiger partial charge in [-0.15, -0.1) is 0 Å². The van der Waals surface area contributed by atoms with E-state index < -0.39 is 45.8 Å². The SMILES string of the molecule is CCOP(=O)(CO[C@H]1CO[C@@H](n2ccc(=O)[nH]c2=O)[C@@H]1OP(OCCC#N)N(C(C)C)C(C)C)OCC. The topological polar surface area (TPSA) is 154 Å². The number of ether oxygens (including phenoxy) is 2. The lowest BCUT2D eigenvalue weighted by atomic mass is 10.2. The minimum Gasteiger partial charge on any atom is -0.360 e. The number of nitrogens with zero attached hydrogens (tertiary/aromatic N) is 3. The molecule has 1 fully saturated rings. The fourth-order valence-electron chi connectivity index (χ4n) is 3.79. The van der Waals surface area contributed by atoms with Crippen molar-refractivity contribution in [1.82, 2.24) is 14.2 Å². The first-order valence-corrected chi connectivity index (χ1v) is 15.1. The summed E-state index contributed by atoms with van der Waals surface area (Å²) in [6.45, 7) is 11.9. The second-order valence-corrected chi connectivity index (χ2v) is 12.0. The first-order chi connectivity index (χ1) is 17.6. The molecular formula is C22H38N4O9P2. The van der Waals surface area contributed by atoms with Crippen LogP contribution >= 0.6 is 16.1 Å². The average Bonchev–Trinajstić information content (AvgIpc) is 3.20. The maximum atomic E-state index is 13.0. The van der Waals surface area contributed by atoms with E-state index in [1.54, 1.807) is 13.8 Å². The lowest BCUT2D eigenvalue weighted by molar-refractivity contribution is -0.0260. The van der Waals surface area contributed by atoms with Crippen molar-refractivity contribution in [1.29, 1.82) is 5.26 Å². The normalized spacial score (nSPS) is 21.1. The molecule has 1 aliphatic rings. The quantitative estimate of drug-likeness (QED) is 0.232. The van der Waals surface area contributed by atoms with Gasteiger partial charge in [-0.3, -0.25) is 18.9 Å². The van der Waals surface area contributed by atoms with Gasteiger partial charge in [0.05, 0.1) is 38.9 Å². The molecule has 0 aromatic carbocycles. The standard InChI is InChI=1S/C22H38N4O9P2/c1-7-33-37(29,34-8-2)15-31-18-14-30-21(25-12-10-19(27)24-22(25)28)20(18)35-36(32-13-9-11-23)26(16(3)4)17(5)6/h10,12,16-18,20-21H,7-9,13-15H2,1-6H3,(H,24,27,28)/t18-,20+,21+,36?/m0/s1. The van der Waals surface area contributed by atoms with Gasteiger partial charge in [0.2, 0.25) is 0 Å². The number of aromatic amines is 1. The number of nitriles is 1. The molecule has 0 amide bonds. The molecule has 1 saturated heterocycles. The van der Waals surface area contributed by atoms with Crippen LogP contribution in [0.4, 0.5) is 0 Å². The lowest BCUT2D eigenvalue weighted by Crippen LogP contribution is -2.41. The second-order valence-electron chi connectivity index (χ2n) is 8.64. The molecule has 0 radical (unpaired) electrons. The number of hydrogen-bond acceptors (Lipinski definition) is 11. The molecular weight excluding hydrogens is 526 g/mol. The Bertz CT molecular complexity index is 1020. The number of hydrogen-bond donors (Lipinski definition) is 1. The lowest BCUT2D eigenvalue weighted by Gasteiger charge is -2.38. The molecule has 2 rings (SSSR count). The van der Waals surface area contributed by atoms with Gasteiger partial charge in [0, 0.05) is 24.3 Å². The van der Waals surface area contributed by atoms with E-state index in [1.165, 1.54) is 16.8 Å². The van der Waals surface area contributed by atoms with Crippen LogP contribution in [0.1, 0.15) is 54.2 Å². The van der Waals surface area contributed by atoms with Crippen LogP contribution in [0.25, 0.3) is 0 Å². The Morgan fingerprint density at radius 3 is 2.43 bits per heavy atom. The first kappa shape index (κ1) is 31.8. The Balaban J connectivity index is 2.41. The third kappa shape index (κ3) is 9.06. The zero-order valence-electron chi connectivity index (χ0n) is 22.2. The highest BCUT2D eigenvalue weighted by Crippen LogP contribution is 2.52. The molecule has 1 aromatic rings. The molecule has 1 aromatic heterocycles. The van der Waals surface area contributed by atoms with Crippen LogP contribution in [-0.4, -0.2) is 71.3 Å². The van der Waals surface area contributed by atoms with Crippen molar-refractivity contribution < 1.29 is 32.1 Å². The predicted molar refractivity (Wildman–Crippen MR) is 137 cm³/mol. The highest BCUT2D eigenvalue weighted by Gasteiger charge is 2.45. The Hall–Kier alpha value is -1.45. The molecule has 0 bridgehead atoms. The molecule has 1 aliphatic heterocycles. The highest BCUT2D eigenvalue weighted by atomic mass is 31.2. The van der Waals surface area contributed by atoms with E-state index >= 15 is 0 Å². The fourth-order valence-corrected chi connectivity index (χ4v) is 6.92. The largest absolute Gasteiger partial charge is 0.360 e. The number of rotatable bonds is 16. The summed E-state index contributed by atoms with van der Waals surface area (Å²) < 4.78 is 51.3. The summed E-state index contributed by atoms with van der Waals surface area (Å²) in [6, 6.07) is 3.31. The summed E-state index contributed by atoms with van der Waals surface area (Å²) in [4.78, 5) is 26.4. The predicted octanol–water partition coefficient (Wildman–Crippen LogP) is 3.34. The minimum absolute atomic E-state index is 0.00385. The summed E-state index contributed by atoms with van der Waals surface area (Å²) in [5, 5.41) is 9.01. The fraction of sp³-hybridized carbons (Fsp3) is 0.773. The van der Waals surface area contributed by atoms with Crippen LogP contribution in [0, 0.1) is 11.3 Å². The van der Waals surface area contributed by atoms with Gasteiger partial charge in [-0.1, -0.05) is 0 Å².